The van der Waals surface area contributed by atoms with Crippen LogP contribution in [0.4, 0.5) is 13.2 Å². The second-order valence-electron chi connectivity index (χ2n) is 4.27. The van der Waals surface area contributed by atoms with Gasteiger partial charge < -0.3 is 9.42 Å². The molecule has 0 bridgehead atoms. The third kappa shape index (κ3) is 3.97. The van der Waals surface area contributed by atoms with Gasteiger partial charge in [0, 0.05) is 5.56 Å². The molecule has 0 radical (unpaired) electrons. The highest BCUT2D eigenvalue weighted by Gasteiger charge is 2.41. The lowest BCUT2D eigenvalue weighted by atomic mass is 10.2. The Hall–Kier alpha value is -1.12. The molecule has 0 spiro atoms. The fraction of sp³-hybridized carbons (Fsp3) is 0.400. The van der Waals surface area contributed by atoms with Gasteiger partial charge in [-0.25, -0.2) is 8.42 Å². The van der Waals surface area contributed by atoms with E-state index in [4.69, 9.17) is 0 Å². The molecule has 1 aromatic rings. The maximum Gasteiger partial charge on any atom is 0.483 e. The van der Waals surface area contributed by atoms with Crippen LogP contribution in [0.2, 0.25) is 0 Å². The van der Waals surface area contributed by atoms with Crippen molar-refractivity contribution in [1.82, 2.24) is 0 Å². The van der Waals surface area contributed by atoms with Crippen molar-refractivity contribution in [2.75, 3.05) is 14.1 Å². The molecule has 0 aliphatic heterocycles. The molecule has 0 saturated heterocycles. The van der Waals surface area contributed by atoms with E-state index in [-0.39, 0.29) is 6.54 Å². The number of hydrogen-bond acceptors (Lipinski definition) is 2. The number of halogens is 3. The van der Waals surface area contributed by atoms with Crippen molar-refractivity contribution in [3.8, 4) is 0 Å². The molecular formula is C10H13F3N2O2S. The minimum atomic E-state index is -5.48. The maximum absolute atomic E-state index is 12.2. The number of sulfonamides is 1. The first-order valence-corrected chi connectivity index (χ1v) is 6.40. The Bertz CT molecular complexity index is 498. The van der Waals surface area contributed by atoms with Gasteiger partial charge >= 0.3 is 5.51 Å². The van der Waals surface area contributed by atoms with Crippen molar-refractivity contribution in [2.24, 2.45) is 0 Å². The highest BCUT2D eigenvalue weighted by Crippen LogP contribution is 2.31. The van der Waals surface area contributed by atoms with Gasteiger partial charge in [-0.1, -0.05) is 30.3 Å². The normalized spacial score (nSPS) is 13.6. The summed E-state index contributed by atoms with van der Waals surface area (Å²) in [5.41, 5.74) is -4.66. The Labute approximate surface area is 104 Å². The molecule has 0 saturated carbocycles. The van der Waals surface area contributed by atoms with Crippen molar-refractivity contribution in [2.45, 2.75) is 12.1 Å². The van der Waals surface area contributed by atoms with E-state index in [1.807, 2.05) is 0 Å². The summed E-state index contributed by atoms with van der Waals surface area (Å²) in [5.74, 6) is 0. The summed E-state index contributed by atoms with van der Waals surface area (Å²) in [6.07, 6.45) is 0. The summed E-state index contributed by atoms with van der Waals surface area (Å²) >= 11 is 0. The zero-order chi connectivity index (χ0) is 14.0. The van der Waals surface area contributed by atoms with Crippen LogP contribution in [-0.4, -0.2) is 32.6 Å². The summed E-state index contributed by atoms with van der Waals surface area (Å²) in [6, 6.07) is 8.57. The van der Waals surface area contributed by atoms with E-state index in [9.17, 15) is 21.6 Å². The van der Waals surface area contributed by atoms with Crippen LogP contribution in [0.15, 0.2) is 30.3 Å². The topological polar surface area (TPSA) is 48.2 Å². The van der Waals surface area contributed by atoms with Gasteiger partial charge in [0.2, 0.25) is 10.0 Å². The van der Waals surface area contributed by atoms with E-state index in [2.05, 4.69) is 4.83 Å². The van der Waals surface area contributed by atoms with Gasteiger partial charge in [-0.15, -0.1) is 0 Å². The largest absolute Gasteiger partial charge is 0.483 e. The number of nitrogens with zero attached hydrogens (tertiary/aromatic N) is 2. The van der Waals surface area contributed by atoms with Crippen molar-refractivity contribution in [1.29, 1.82) is 0 Å². The van der Waals surface area contributed by atoms with Crippen LogP contribution in [0, 0.1) is 0 Å². The predicted molar refractivity (Wildman–Crippen MR) is 60.6 cm³/mol. The molecule has 0 fully saturated rings. The zero-order valence-electron chi connectivity index (χ0n) is 9.85. The van der Waals surface area contributed by atoms with Gasteiger partial charge in [0.25, 0.3) is 0 Å². The molecule has 0 amide bonds. The molecule has 0 N–H and O–H groups in total. The predicted octanol–water partition coefficient (Wildman–Crippen LogP) is 2.40. The molecule has 8 heteroatoms. The minimum absolute atomic E-state index is 0.0517. The molecular weight excluding hydrogens is 269 g/mol. The molecule has 0 aliphatic carbocycles. The van der Waals surface area contributed by atoms with Gasteiger partial charge in [-0.2, -0.15) is 13.2 Å². The number of alkyl halides is 3. The maximum atomic E-state index is 12.2. The van der Waals surface area contributed by atoms with Crippen molar-refractivity contribution in [3.63, 3.8) is 0 Å². The quantitative estimate of drug-likeness (QED) is 0.629. The first-order chi connectivity index (χ1) is 8.04. The van der Waals surface area contributed by atoms with Crippen LogP contribution < -0.4 is 0 Å². The summed E-state index contributed by atoms with van der Waals surface area (Å²) in [7, 11) is -2.90. The van der Waals surface area contributed by atoms with Gasteiger partial charge in [0.1, 0.15) is 0 Å². The standard InChI is InChI=1S/C10H13F3N2O2S/c1-15(2,8-9-6-4-3-5-7-9)14-18(16,17)10(11,12)13/h3-7H,8H2,1-2H3. The lowest BCUT2D eigenvalue weighted by molar-refractivity contribution is -0.860. The zero-order valence-corrected chi connectivity index (χ0v) is 10.7. The molecule has 0 atom stereocenters. The Morgan fingerprint density at radius 3 is 2.11 bits per heavy atom. The summed E-state index contributed by atoms with van der Waals surface area (Å²) in [5, 5.41) is 0. The Morgan fingerprint density at radius 2 is 1.67 bits per heavy atom. The van der Waals surface area contributed by atoms with E-state index in [1.54, 1.807) is 30.3 Å². The third-order valence-corrected chi connectivity index (χ3v) is 3.28. The smallest absolute Gasteiger partial charge is 0.381 e. The summed E-state index contributed by atoms with van der Waals surface area (Å²) in [4.78, 5) is 2.89. The summed E-state index contributed by atoms with van der Waals surface area (Å²) in [6.45, 7) is 0.0517. The fourth-order valence-electron chi connectivity index (χ4n) is 1.40. The second-order valence-corrected chi connectivity index (χ2v) is 5.84. The number of rotatable bonds is 4. The Morgan fingerprint density at radius 1 is 1.17 bits per heavy atom. The molecule has 102 valence electrons. The Balaban J connectivity index is 2.84. The van der Waals surface area contributed by atoms with Crippen LogP contribution in [-0.2, 0) is 16.6 Å². The lowest BCUT2D eigenvalue weighted by Gasteiger charge is -2.41. The molecule has 4 nitrogen and oxygen atoms in total. The van der Waals surface area contributed by atoms with Gasteiger partial charge in [-0.3, -0.25) is 0 Å². The Kier molecular flexibility index (Phi) is 4.04. The first kappa shape index (κ1) is 14.9. The molecule has 1 aromatic carbocycles. The highest BCUT2D eigenvalue weighted by molar-refractivity contribution is 7.94. The molecule has 0 aliphatic rings. The van der Waals surface area contributed by atoms with Crippen LogP contribution >= 0.6 is 0 Å². The van der Waals surface area contributed by atoms with E-state index < -0.39 is 20.1 Å². The van der Waals surface area contributed by atoms with E-state index in [0.29, 0.717) is 5.56 Å². The van der Waals surface area contributed by atoms with Gasteiger partial charge in [0.05, 0.1) is 20.6 Å². The lowest BCUT2D eigenvalue weighted by Crippen LogP contribution is -2.39. The molecule has 1 rings (SSSR count). The van der Waals surface area contributed by atoms with Gasteiger partial charge in [-0.05, 0) is 0 Å². The monoisotopic (exact) mass is 282 g/mol. The van der Waals surface area contributed by atoms with Crippen LogP contribution in [0.5, 0.6) is 0 Å². The minimum Gasteiger partial charge on any atom is -0.381 e. The van der Waals surface area contributed by atoms with Gasteiger partial charge in [0.15, 0.2) is 0 Å². The van der Waals surface area contributed by atoms with E-state index >= 15 is 0 Å². The number of benzene rings is 1. The summed E-state index contributed by atoms with van der Waals surface area (Å²) < 4.78 is 57.9. The van der Waals surface area contributed by atoms with E-state index in [0.717, 1.165) is 0 Å². The van der Waals surface area contributed by atoms with E-state index in [1.165, 1.54) is 14.1 Å². The second kappa shape index (κ2) is 4.87. The van der Waals surface area contributed by atoms with Crippen LogP contribution in [0.25, 0.3) is 4.83 Å². The fourth-order valence-corrected chi connectivity index (χ4v) is 2.13. The average Bonchev–Trinajstić information content (AvgIpc) is 2.14. The SMILES string of the molecule is C[N+](C)(Cc1ccccc1)[N-]S(=O)(=O)C(F)(F)F. The molecule has 0 unspecified atom stereocenters. The average molecular weight is 282 g/mol. The molecule has 0 heterocycles. The first-order valence-electron chi connectivity index (χ1n) is 4.96. The van der Waals surface area contributed by atoms with Crippen molar-refractivity contribution < 1.29 is 26.2 Å². The van der Waals surface area contributed by atoms with Crippen molar-refractivity contribution >= 4 is 10.0 Å². The number of hydrogen-bond donors (Lipinski definition) is 0. The van der Waals surface area contributed by atoms with Crippen molar-refractivity contribution in [3.05, 3.63) is 40.7 Å². The number of quaternary nitrogens is 1. The van der Waals surface area contributed by atoms with Crippen LogP contribution in [0.3, 0.4) is 0 Å². The molecule has 0 aromatic heterocycles. The highest BCUT2D eigenvalue weighted by atomic mass is 32.2. The van der Waals surface area contributed by atoms with Crippen LogP contribution in [0.1, 0.15) is 5.56 Å². The molecule has 18 heavy (non-hydrogen) atoms. The third-order valence-electron chi connectivity index (χ3n) is 2.03.